The molecule has 2 aromatic heterocycles. The molecule has 0 saturated heterocycles. The Morgan fingerprint density at radius 1 is 1.24 bits per heavy atom. The van der Waals surface area contributed by atoms with Gasteiger partial charge in [0.05, 0.1) is 29.3 Å². The van der Waals surface area contributed by atoms with Crippen molar-refractivity contribution in [2.24, 2.45) is 12.8 Å². The number of nitrogens with two attached hydrogens (primary N) is 1. The quantitative estimate of drug-likeness (QED) is 0.842. The summed E-state index contributed by atoms with van der Waals surface area (Å²) in [4.78, 5) is 4.26. The summed E-state index contributed by atoms with van der Waals surface area (Å²) in [6, 6.07) is 1.77. The second-order valence-corrected chi connectivity index (χ2v) is 4.29. The lowest BCUT2D eigenvalue weighted by molar-refractivity contribution is 0.715. The van der Waals surface area contributed by atoms with Crippen molar-refractivity contribution >= 4 is 0 Å². The summed E-state index contributed by atoms with van der Waals surface area (Å²) in [5.74, 6) is 0.951. The summed E-state index contributed by atoms with van der Waals surface area (Å²) >= 11 is 0. The van der Waals surface area contributed by atoms with Gasteiger partial charge in [0, 0.05) is 7.05 Å². The largest absolute Gasteiger partial charge is 0.334 e. The molecule has 0 radical (unpaired) electrons. The van der Waals surface area contributed by atoms with Gasteiger partial charge in [-0.05, 0) is 32.4 Å². The van der Waals surface area contributed by atoms with Crippen LogP contribution in [0.5, 0.6) is 0 Å². The van der Waals surface area contributed by atoms with Crippen LogP contribution in [0.4, 0.5) is 0 Å². The Bertz CT molecular complexity index is 544. The highest BCUT2D eigenvalue weighted by Crippen LogP contribution is 2.21. The maximum atomic E-state index is 6.27. The average molecular weight is 231 g/mol. The minimum Gasteiger partial charge on any atom is -0.334 e. The van der Waals surface area contributed by atoms with Gasteiger partial charge in [-0.15, -0.1) is 0 Å². The molecule has 0 aromatic carbocycles. The molecule has 0 saturated carbocycles. The van der Waals surface area contributed by atoms with Crippen molar-refractivity contribution in [1.29, 1.82) is 0 Å². The van der Waals surface area contributed by atoms with Gasteiger partial charge in [-0.3, -0.25) is 0 Å². The molecule has 2 rings (SSSR count). The van der Waals surface area contributed by atoms with E-state index in [1.807, 2.05) is 44.6 Å². The van der Waals surface area contributed by atoms with Crippen molar-refractivity contribution in [3.05, 3.63) is 40.7 Å². The van der Waals surface area contributed by atoms with Crippen LogP contribution in [0, 0.1) is 20.8 Å². The lowest BCUT2D eigenvalue weighted by atomic mass is 10.0. The molecule has 0 aliphatic carbocycles. The predicted molar refractivity (Wildman–Crippen MR) is 65.5 cm³/mol. The Morgan fingerprint density at radius 3 is 2.53 bits per heavy atom. The van der Waals surface area contributed by atoms with Gasteiger partial charge in [0.1, 0.15) is 5.82 Å². The van der Waals surface area contributed by atoms with Gasteiger partial charge in [0.25, 0.3) is 0 Å². The first-order valence-corrected chi connectivity index (χ1v) is 5.55. The van der Waals surface area contributed by atoms with Crippen molar-refractivity contribution in [2.45, 2.75) is 26.8 Å². The number of hydrogen-bond acceptors (Lipinski definition) is 4. The molecule has 17 heavy (non-hydrogen) atoms. The van der Waals surface area contributed by atoms with E-state index in [0.29, 0.717) is 0 Å². The van der Waals surface area contributed by atoms with Crippen LogP contribution in [0.2, 0.25) is 0 Å². The molecule has 0 aliphatic heterocycles. The standard InChI is InChI=1S/C12H17N5/c1-7-5-10(8(2)16-15-7)12(13)11-6-14-9(3)17(11)4/h5-6,12H,13H2,1-4H3. The highest BCUT2D eigenvalue weighted by molar-refractivity contribution is 5.30. The molecule has 0 spiro atoms. The Labute approximate surface area is 101 Å². The van der Waals surface area contributed by atoms with Crippen molar-refractivity contribution in [2.75, 3.05) is 0 Å². The first-order chi connectivity index (χ1) is 8.00. The van der Waals surface area contributed by atoms with E-state index in [2.05, 4.69) is 15.2 Å². The zero-order valence-corrected chi connectivity index (χ0v) is 10.6. The van der Waals surface area contributed by atoms with E-state index in [4.69, 9.17) is 5.73 Å². The molecule has 0 fully saturated rings. The summed E-state index contributed by atoms with van der Waals surface area (Å²) in [6.07, 6.45) is 1.81. The second-order valence-electron chi connectivity index (χ2n) is 4.29. The maximum absolute atomic E-state index is 6.27. The minimum absolute atomic E-state index is 0.213. The first kappa shape index (κ1) is 11.7. The Balaban J connectivity index is 2.47. The van der Waals surface area contributed by atoms with Gasteiger partial charge >= 0.3 is 0 Å². The Kier molecular flexibility index (Phi) is 2.93. The normalized spacial score (nSPS) is 12.8. The van der Waals surface area contributed by atoms with Gasteiger partial charge in [-0.25, -0.2) is 4.98 Å². The number of aromatic nitrogens is 4. The third-order valence-electron chi connectivity index (χ3n) is 3.05. The van der Waals surface area contributed by atoms with Crippen molar-refractivity contribution in [1.82, 2.24) is 19.7 Å². The van der Waals surface area contributed by atoms with Crippen LogP contribution in [0.3, 0.4) is 0 Å². The maximum Gasteiger partial charge on any atom is 0.105 e. The van der Waals surface area contributed by atoms with E-state index < -0.39 is 0 Å². The topological polar surface area (TPSA) is 69.6 Å². The summed E-state index contributed by atoms with van der Waals surface area (Å²) in [5.41, 5.74) is 9.99. The van der Waals surface area contributed by atoms with Crippen molar-refractivity contribution in [3.8, 4) is 0 Å². The third kappa shape index (κ3) is 2.06. The number of nitrogens with zero attached hydrogens (tertiary/aromatic N) is 4. The fraction of sp³-hybridized carbons (Fsp3) is 0.417. The molecular weight excluding hydrogens is 214 g/mol. The van der Waals surface area contributed by atoms with Crippen LogP contribution in [-0.2, 0) is 7.05 Å². The van der Waals surface area contributed by atoms with E-state index in [1.165, 1.54) is 0 Å². The van der Waals surface area contributed by atoms with Gasteiger partial charge in [0.2, 0.25) is 0 Å². The Hall–Kier alpha value is -1.75. The first-order valence-electron chi connectivity index (χ1n) is 5.55. The number of imidazole rings is 1. The minimum atomic E-state index is -0.213. The fourth-order valence-corrected chi connectivity index (χ4v) is 1.85. The lowest BCUT2D eigenvalue weighted by Crippen LogP contribution is -2.18. The molecule has 5 nitrogen and oxygen atoms in total. The number of hydrogen-bond donors (Lipinski definition) is 1. The van der Waals surface area contributed by atoms with Crippen LogP contribution < -0.4 is 5.73 Å². The smallest absolute Gasteiger partial charge is 0.105 e. The van der Waals surface area contributed by atoms with Crippen molar-refractivity contribution in [3.63, 3.8) is 0 Å². The Morgan fingerprint density at radius 2 is 1.94 bits per heavy atom. The molecule has 1 unspecified atom stereocenters. The van der Waals surface area contributed by atoms with Crippen molar-refractivity contribution < 1.29 is 0 Å². The fourth-order valence-electron chi connectivity index (χ4n) is 1.85. The summed E-state index contributed by atoms with van der Waals surface area (Å²) < 4.78 is 2.00. The molecule has 0 amide bonds. The number of aryl methyl sites for hydroxylation is 3. The molecule has 5 heteroatoms. The van der Waals surface area contributed by atoms with Crippen LogP contribution in [0.1, 0.15) is 34.5 Å². The van der Waals surface area contributed by atoms with E-state index >= 15 is 0 Å². The molecule has 2 N–H and O–H groups in total. The van der Waals surface area contributed by atoms with Gasteiger partial charge in [-0.2, -0.15) is 10.2 Å². The third-order valence-corrected chi connectivity index (χ3v) is 3.05. The van der Waals surface area contributed by atoms with Gasteiger partial charge in [0.15, 0.2) is 0 Å². The SMILES string of the molecule is Cc1cc(C(N)c2cnc(C)n2C)c(C)nn1. The zero-order valence-electron chi connectivity index (χ0n) is 10.6. The molecule has 1 atom stereocenters. The predicted octanol–water partition coefficient (Wildman–Crippen LogP) is 1.18. The van der Waals surface area contributed by atoms with E-state index in [1.54, 1.807) is 0 Å². The van der Waals surface area contributed by atoms with E-state index in [9.17, 15) is 0 Å². The summed E-state index contributed by atoms with van der Waals surface area (Å²) in [6.45, 7) is 5.79. The van der Waals surface area contributed by atoms with E-state index in [-0.39, 0.29) is 6.04 Å². The second kappa shape index (κ2) is 4.25. The highest BCUT2D eigenvalue weighted by Gasteiger charge is 2.17. The molecule has 2 heterocycles. The van der Waals surface area contributed by atoms with Crippen LogP contribution >= 0.6 is 0 Å². The molecular formula is C12H17N5. The van der Waals surface area contributed by atoms with E-state index in [0.717, 1.165) is 28.5 Å². The van der Waals surface area contributed by atoms with Gasteiger partial charge < -0.3 is 10.3 Å². The zero-order chi connectivity index (χ0) is 12.6. The summed E-state index contributed by atoms with van der Waals surface area (Å²) in [7, 11) is 1.97. The van der Waals surface area contributed by atoms with Gasteiger partial charge in [-0.1, -0.05) is 0 Å². The number of rotatable bonds is 2. The molecule has 0 bridgehead atoms. The van der Waals surface area contributed by atoms with Crippen LogP contribution in [0.25, 0.3) is 0 Å². The summed E-state index contributed by atoms with van der Waals surface area (Å²) in [5, 5.41) is 8.12. The molecule has 90 valence electrons. The van der Waals surface area contributed by atoms with Crippen LogP contribution in [0.15, 0.2) is 12.3 Å². The molecule has 0 aliphatic rings. The van der Waals surface area contributed by atoms with Crippen LogP contribution in [-0.4, -0.2) is 19.7 Å². The molecule has 2 aromatic rings. The highest BCUT2D eigenvalue weighted by atomic mass is 15.1. The monoisotopic (exact) mass is 231 g/mol. The lowest BCUT2D eigenvalue weighted by Gasteiger charge is -2.15. The average Bonchev–Trinajstić information content (AvgIpc) is 2.62.